The van der Waals surface area contributed by atoms with Crippen LogP contribution in [0, 0.1) is 0 Å². The van der Waals surface area contributed by atoms with Gasteiger partial charge in [-0.1, -0.05) is 19.1 Å². The largest absolute Gasteiger partial charge is 0.492 e. The second kappa shape index (κ2) is 9.33. The van der Waals surface area contributed by atoms with Crippen LogP contribution < -0.4 is 14.8 Å². The van der Waals surface area contributed by atoms with Gasteiger partial charge >= 0.3 is 0 Å². The molecule has 1 aliphatic heterocycles. The first-order valence-electron chi connectivity index (χ1n) is 9.13. The van der Waals surface area contributed by atoms with Crippen LogP contribution in [0.1, 0.15) is 25.3 Å². The molecule has 25 heavy (non-hydrogen) atoms. The van der Waals surface area contributed by atoms with Crippen LogP contribution in [-0.2, 0) is 11.2 Å². The molecule has 0 unspecified atom stereocenters. The number of nitrogens with one attached hydrogen (secondary N) is 1. The summed E-state index contributed by atoms with van der Waals surface area (Å²) in [6.45, 7) is 5.03. The molecule has 134 valence electrons. The third-order valence-electron chi connectivity index (χ3n) is 4.35. The molecule has 0 bridgehead atoms. The van der Waals surface area contributed by atoms with Crippen molar-refractivity contribution in [1.29, 1.82) is 0 Å². The van der Waals surface area contributed by atoms with Crippen molar-refractivity contribution in [2.45, 2.75) is 32.3 Å². The van der Waals surface area contributed by atoms with Gasteiger partial charge in [-0.25, -0.2) is 0 Å². The maximum absolute atomic E-state index is 5.77. The van der Waals surface area contributed by atoms with Crippen molar-refractivity contribution >= 4 is 5.69 Å². The second-order valence-corrected chi connectivity index (χ2v) is 6.24. The Hall–Kier alpha value is -2.20. The molecular formula is C21H27NO3. The van der Waals surface area contributed by atoms with E-state index in [-0.39, 0.29) is 6.10 Å². The molecule has 0 aromatic heterocycles. The number of aryl methyl sites for hydroxylation is 1. The summed E-state index contributed by atoms with van der Waals surface area (Å²) < 4.78 is 17.1. The number of anilines is 1. The Morgan fingerprint density at radius 1 is 1.00 bits per heavy atom. The summed E-state index contributed by atoms with van der Waals surface area (Å²) in [5, 5.41) is 3.36. The molecule has 0 amide bonds. The minimum absolute atomic E-state index is 0.251. The third kappa shape index (κ3) is 5.68. The number of ether oxygens (including phenoxy) is 3. The fourth-order valence-electron chi connectivity index (χ4n) is 2.82. The van der Waals surface area contributed by atoms with Gasteiger partial charge in [0, 0.05) is 18.8 Å². The summed E-state index contributed by atoms with van der Waals surface area (Å²) in [6.07, 6.45) is 3.54. The summed E-state index contributed by atoms with van der Waals surface area (Å²) in [6, 6.07) is 16.3. The zero-order valence-electron chi connectivity index (χ0n) is 14.9. The number of rotatable bonds is 9. The van der Waals surface area contributed by atoms with Gasteiger partial charge in [0.1, 0.15) is 24.7 Å². The predicted octanol–water partition coefficient (Wildman–Crippen LogP) is 4.30. The molecule has 1 aliphatic rings. The van der Waals surface area contributed by atoms with Crippen molar-refractivity contribution in [3.63, 3.8) is 0 Å². The fourth-order valence-corrected chi connectivity index (χ4v) is 2.82. The molecule has 2 aromatic rings. The SMILES string of the molecule is CCc1ccc(OCCNc2ccc(OC[C@H]3CCCO3)cc2)cc1. The highest BCUT2D eigenvalue weighted by molar-refractivity contribution is 5.46. The fraction of sp³-hybridized carbons (Fsp3) is 0.429. The van der Waals surface area contributed by atoms with E-state index in [0.717, 1.165) is 49.6 Å². The standard InChI is InChI=1S/C21H27NO3/c1-2-17-5-9-19(10-6-17)24-15-13-22-18-7-11-20(12-8-18)25-16-21-4-3-14-23-21/h5-12,21-22H,2-4,13-16H2,1H3/t21-/m1/s1. The van der Waals surface area contributed by atoms with Crippen LogP contribution in [0.3, 0.4) is 0 Å². The molecule has 4 heteroatoms. The summed E-state index contributed by atoms with van der Waals surface area (Å²) >= 11 is 0. The second-order valence-electron chi connectivity index (χ2n) is 6.24. The monoisotopic (exact) mass is 341 g/mol. The third-order valence-corrected chi connectivity index (χ3v) is 4.35. The Bertz CT molecular complexity index is 619. The topological polar surface area (TPSA) is 39.7 Å². The minimum atomic E-state index is 0.251. The van der Waals surface area contributed by atoms with Gasteiger partial charge < -0.3 is 19.5 Å². The quantitative estimate of drug-likeness (QED) is 0.691. The summed E-state index contributed by atoms with van der Waals surface area (Å²) in [5.74, 6) is 1.80. The van der Waals surface area contributed by atoms with Gasteiger partial charge in [0.15, 0.2) is 0 Å². The van der Waals surface area contributed by atoms with Gasteiger partial charge in [0.25, 0.3) is 0 Å². The molecule has 3 rings (SSSR count). The number of hydrogen-bond acceptors (Lipinski definition) is 4. The van der Waals surface area contributed by atoms with Crippen LogP contribution >= 0.6 is 0 Å². The average Bonchev–Trinajstić information content (AvgIpc) is 3.19. The summed E-state index contributed by atoms with van der Waals surface area (Å²) in [5.41, 5.74) is 2.39. The van der Waals surface area contributed by atoms with E-state index in [1.807, 2.05) is 36.4 Å². The van der Waals surface area contributed by atoms with Gasteiger partial charge in [0.2, 0.25) is 0 Å². The van der Waals surface area contributed by atoms with E-state index in [1.54, 1.807) is 0 Å². The van der Waals surface area contributed by atoms with Gasteiger partial charge in [-0.05, 0) is 61.2 Å². The molecule has 1 fully saturated rings. The smallest absolute Gasteiger partial charge is 0.119 e. The lowest BCUT2D eigenvalue weighted by Crippen LogP contribution is -2.16. The lowest BCUT2D eigenvalue weighted by molar-refractivity contribution is 0.0679. The lowest BCUT2D eigenvalue weighted by Gasteiger charge is -2.12. The van der Waals surface area contributed by atoms with E-state index < -0.39 is 0 Å². The number of hydrogen-bond donors (Lipinski definition) is 1. The highest BCUT2D eigenvalue weighted by Gasteiger charge is 2.15. The van der Waals surface area contributed by atoms with Crippen molar-refractivity contribution in [2.24, 2.45) is 0 Å². The Morgan fingerprint density at radius 2 is 1.72 bits per heavy atom. The highest BCUT2D eigenvalue weighted by atomic mass is 16.5. The first-order valence-corrected chi connectivity index (χ1v) is 9.13. The average molecular weight is 341 g/mol. The molecule has 4 nitrogen and oxygen atoms in total. The molecule has 0 aliphatic carbocycles. The maximum atomic E-state index is 5.77. The van der Waals surface area contributed by atoms with E-state index in [0.29, 0.717) is 13.2 Å². The summed E-state index contributed by atoms with van der Waals surface area (Å²) in [7, 11) is 0. The van der Waals surface area contributed by atoms with Crippen LogP contribution in [0.4, 0.5) is 5.69 Å². The van der Waals surface area contributed by atoms with Crippen LogP contribution in [0.2, 0.25) is 0 Å². The molecule has 1 N–H and O–H groups in total. The molecule has 1 atom stereocenters. The maximum Gasteiger partial charge on any atom is 0.119 e. The Morgan fingerprint density at radius 3 is 2.40 bits per heavy atom. The summed E-state index contributed by atoms with van der Waals surface area (Å²) in [4.78, 5) is 0. The Kier molecular flexibility index (Phi) is 6.57. The first kappa shape index (κ1) is 17.6. The van der Waals surface area contributed by atoms with E-state index in [1.165, 1.54) is 5.56 Å². The first-order chi connectivity index (χ1) is 12.3. The number of benzene rings is 2. The zero-order valence-corrected chi connectivity index (χ0v) is 14.9. The molecule has 0 saturated carbocycles. The van der Waals surface area contributed by atoms with Gasteiger partial charge in [-0.2, -0.15) is 0 Å². The molecular weight excluding hydrogens is 314 g/mol. The van der Waals surface area contributed by atoms with E-state index in [4.69, 9.17) is 14.2 Å². The van der Waals surface area contributed by atoms with E-state index in [2.05, 4.69) is 24.4 Å². The minimum Gasteiger partial charge on any atom is -0.492 e. The van der Waals surface area contributed by atoms with Gasteiger partial charge in [0.05, 0.1) is 6.10 Å². The van der Waals surface area contributed by atoms with E-state index in [9.17, 15) is 0 Å². The Labute approximate surface area is 150 Å². The van der Waals surface area contributed by atoms with Gasteiger partial charge in [-0.15, -0.1) is 0 Å². The van der Waals surface area contributed by atoms with Gasteiger partial charge in [-0.3, -0.25) is 0 Å². The van der Waals surface area contributed by atoms with Crippen molar-refractivity contribution in [2.75, 3.05) is 31.7 Å². The normalized spacial score (nSPS) is 16.6. The zero-order chi connectivity index (χ0) is 17.3. The molecule has 1 saturated heterocycles. The van der Waals surface area contributed by atoms with Crippen LogP contribution in [0.25, 0.3) is 0 Å². The van der Waals surface area contributed by atoms with Crippen LogP contribution in [-0.4, -0.2) is 32.5 Å². The molecule has 0 radical (unpaired) electrons. The van der Waals surface area contributed by atoms with Crippen molar-refractivity contribution in [3.8, 4) is 11.5 Å². The van der Waals surface area contributed by atoms with Crippen molar-refractivity contribution in [3.05, 3.63) is 54.1 Å². The van der Waals surface area contributed by atoms with Crippen molar-refractivity contribution < 1.29 is 14.2 Å². The van der Waals surface area contributed by atoms with Crippen molar-refractivity contribution in [1.82, 2.24) is 0 Å². The van der Waals surface area contributed by atoms with E-state index >= 15 is 0 Å². The molecule has 2 aromatic carbocycles. The lowest BCUT2D eigenvalue weighted by atomic mass is 10.2. The highest BCUT2D eigenvalue weighted by Crippen LogP contribution is 2.18. The molecule has 1 heterocycles. The van der Waals surface area contributed by atoms with Crippen LogP contribution in [0.15, 0.2) is 48.5 Å². The molecule has 0 spiro atoms. The van der Waals surface area contributed by atoms with Crippen LogP contribution in [0.5, 0.6) is 11.5 Å². The predicted molar refractivity (Wildman–Crippen MR) is 101 cm³/mol. The Balaban J connectivity index is 1.35.